The first-order chi connectivity index (χ1) is 13.9. The minimum atomic E-state index is -0.394. The molecule has 9 heteroatoms. The van der Waals surface area contributed by atoms with Crippen LogP contribution >= 0.6 is 22.7 Å². The maximum atomic E-state index is 12.2. The first-order valence-corrected chi connectivity index (χ1v) is 10.8. The molecule has 29 heavy (non-hydrogen) atoms. The van der Waals surface area contributed by atoms with Crippen LogP contribution in [0.2, 0.25) is 0 Å². The Kier molecular flexibility index (Phi) is 6.95. The van der Waals surface area contributed by atoms with Gasteiger partial charge in [0.1, 0.15) is 11.6 Å². The standard InChI is InChI=1S/C20H21N3O4S2/c1-13-5-3-4-6-16(13)22-17(24)9-18-21-15(12-28-18)10-27-19(25)7-8-23-14(2)11-29-20(23)26/h3-6,11-12H,7-10H2,1-2H3,(H,22,24). The second kappa shape index (κ2) is 9.62. The summed E-state index contributed by atoms with van der Waals surface area (Å²) in [6, 6.07) is 7.57. The van der Waals surface area contributed by atoms with Gasteiger partial charge in [-0.3, -0.25) is 14.4 Å². The SMILES string of the molecule is Cc1ccccc1NC(=O)Cc1nc(COC(=O)CCn2c(C)csc2=O)cs1. The van der Waals surface area contributed by atoms with Gasteiger partial charge in [0, 0.05) is 28.7 Å². The van der Waals surface area contributed by atoms with E-state index in [1.54, 1.807) is 15.3 Å². The molecule has 2 aromatic heterocycles. The van der Waals surface area contributed by atoms with Crippen molar-refractivity contribution in [2.24, 2.45) is 0 Å². The number of nitrogens with one attached hydrogen (secondary N) is 1. The maximum Gasteiger partial charge on any atom is 0.307 e. The van der Waals surface area contributed by atoms with E-state index in [2.05, 4.69) is 10.3 Å². The van der Waals surface area contributed by atoms with E-state index in [0.717, 1.165) is 28.3 Å². The number of amides is 1. The van der Waals surface area contributed by atoms with Gasteiger partial charge < -0.3 is 14.6 Å². The predicted octanol–water partition coefficient (Wildman–Crippen LogP) is 3.30. The van der Waals surface area contributed by atoms with Crippen LogP contribution in [0.5, 0.6) is 0 Å². The fourth-order valence-electron chi connectivity index (χ4n) is 2.65. The smallest absolute Gasteiger partial charge is 0.307 e. The van der Waals surface area contributed by atoms with Crippen molar-refractivity contribution < 1.29 is 14.3 Å². The van der Waals surface area contributed by atoms with Crippen molar-refractivity contribution in [3.8, 4) is 0 Å². The molecule has 1 amide bonds. The lowest BCUT2D eigenvalue weighted by Gasteiger charge is -2.06. The average Bonchev–Trinajstić information content (AvgIpc) is 3.26. The van der Waals surface area contributed by atoms with E-state index in [1.807, 2.05) is 38.1 Å². The number of esters is 1. The number of nitrogens with zero attached hydrogens (tertiary/aromatic N) is 2. The van der Waals surface area contributed by atoms with Gasteiger partial charge in [0.05, 0.1) is 18.5 Å². The molecular formula is C20H21N3O4S2. The Morgan fingerprint density at radius 2 is 1.97 bits per heavy atom. The minimum absolute atomic E-state index is 0.0479. The second-order valence-electron chi connectivity index (χ2n) is 6.48. The number of benzene rings is 1. The monoisotopic (exact) mass is 431 g/mol. The largest absolute Gasteiger partial charge is 0.459 e. The second-order valence-corrected chi connectivity index (χ2v) is 8.24. The third-order valence-electron chi connectivity index (χ3n) is 4.23. The lowest BCUT2D eigenvalue weighted by molar-refractivity contribution is -0.145. The fraction of sp³-hybridized carbons (Fsp3) is 0.300. The molecule has 1 aromatic carbocycles. The topological polar surface area (TPSA) is 90.3 Å². The molecule has 0 saturated heterocycles. The highest BCUT2D eigenvalue weighted by Crippen LogP contribution is 2.16. The van der Waals surface area contributed by atoms with Crippen LogP contribution < -0.4 is 10.2 Å². The average molecular weight is 432 g/mol. The highest BCUT2D eigenvalue weighted by Gasteiger charge is 2.12. The van der Waals surface area contributed by atoms with Gasteiger partial charge in [0.15, 0.2) is 0 Å². The van der Waals surface area contributed by atoms with E-state index in [0.29, 0.717) is 17.2 Å². The third-order valence-corrected chi connectivity index (χ3v) is 6.01. The Balaban J connectivity index is 1.45. The molecule has 7 nitrogen and oxygen atoms in total. The number of aromatic nitrogens is 2. The van der Waals surface area contributed by atoms with Crippen LogP contribution in [-0.4, -0.2) is 21.4 Å². The Hall–Kier alpha value is -2.78. The quantitative estimate of drug-likeness (QED) is 0.553. The van der Waals surface area contributed by atoms with E-state index in [1.165, 1.54) is 11.3 Å². The summed E-state index contributed by atoms with van der Waals surface area (Å²) in [5.74, 6) is -0.539. The van der Waals surface area contributed by atoms with E-state index >= 15 is 0 Å². The van der Waals surface area contributed by atoms with E-state index in [9.17, 15) is 14.4 Å². The summed E-state index contributed by atoms with van der Waals surface area (Å²) in [4.78, 5) is 40.1. The van der Waals surface area contributed by atoms with Crippen molar-refractivity contribution in [2.45, 2.75) is 39.8 Å². The van der Waals surface area contributed by atoms with Crippen molar-refractivity contribution in [2.75, 3.05) is 5.32 Å². The maximum absolute atomic E-state index is 12.2. The Labute approximate surface area is 176 Å². The molecule has 1 N–H and O–H groups in total. The van der Waals surface area contributed by atoms with Crippen LogP contribution in [0, 0.1) is 13.8 Å². The van der Waals surface area contributed by atoms with Gasteiger partial charge in [0.2, 0.25) is 5.91 Å². The fourth-order valence-corrected chi connectivity index (χ4v) is 4.18. The molecule has 0 spiro atoms. The number of carbonyl (C=O) groups is 2. The molecule has 3 rings (SSSR count). The minimum Gasteiger partial charge on any atom is -0.459 e. The number of aryl methyl sites for hydroxylation is 2. The normalized spacial score (nSPS) is 10.7. The van der Waals surface area contributed by atoms with Crippen LogP contribution in [0.4, 0.5) is 5.69 Å². The summed E-state index contributed by atoms with van der Waals surface area (Å²) in [6.07, 6.45) is 0.278. The van der Waals surface area contributed by atoms with E-state index in [-0.39, 0.29) is 30.2 Å². The Morgan fingerprint density at radius 1 is 1.17 bits per heavy atom. The molecule has 0 aliphatic rings. The molecule has 0 atom stereocenters. The summed E-state index contributed by atoms with van der Waals surface area (Å²) in [7, 11) is 0. The van der Waals surface area contributed by atoms with Crippen molar-refractivity contribution in [3.63, 3.8) is 0 Å². The van der Waals surface area contributed by atoms with Crippen LogP contribution in [0.25, 0.3) is 0 Å². The molecule has 152 valence electrons. The molecular weight excluding hydrogens is 410 g/mol. The van der Waals surface area contributed by atoms with Crippen molar-refractivity contribution in [1.29, 1.82) is 0 Å². The summed E-state index contributed by atoms with van der Waals surface area (Å²) in [5, 5.41) is 7.07. The molecule has 0 radical (unpaired) electrons. The summed E-state index contributed by atoms with van der Waals surface area (Å²) < 4.78 is 6.78. The van der Waals surface area contributed by atoms with Crippen LogP contribution in [0.3, 0.4) is 0 Å². The molecule has 2 heterocycles. The summed E-state index contributed by atoms with van der Waals surface area (Å²) in [6.45, 7) is 4.11. The van der Waals surface area contributed by atoms with Crippen LogP contribution in [0.1, 0.15) is 28.4 Å². The van der Waals surface area contributed by atoms with E-state index < -0.39 is 5.97 Å². The number of hydrogen-bond acceptors (Lipinski definition) is 7. The van der Waals surface area contributed by atoms with Gasteiger partial charge in [0.25, 0.3) is 0 Å². The van der Waals surface area contributed by atoms with Crippen molar-refractivity contribution in [3.05, 3.63) is 66.7 Å². The summed E-state index contributed by atoms with van der Waals surface area (Å²) in [5.41, 5.74) is 3.21. The number of anilines is 1. The van der Waals surface area contributed by atoms with Gasteiger partial charge >= 0.3 is 10.8 Å². The van der Waals surface area contributed by atoms with Gasteiger partial charge in [-0.2, -0.15) is 0 Å². The first-order valence-electron chi connectivity index (χ1n) is 9.01. The zero-order valence-corrected chi connectivity index (χ0v) is 17.8. The molecule has 0 aliphatic heterocycles. The highest BCUT2D eigenvalue weighted by atomic mass is 32.1. The summed E-state index contributed by atoms with van der Waals surface area (Å²) >= 11 is 2.47. The number of para-hydroxylation sites is 1. The van der Waals surface area contributed by atoms with Gasteiger partial charge in [-0.05, 0) is 25.5 Å². The molecule has 0 aliphatic carbocycles. The van der Waals surface area contributed by atoms with E-state index in [4.69, 9.17) is 4.74 Å². The first kappa shape index (κ1) is 20.9. The number of thiazole rings is 2. The Bertz CT molecular complexity index is 1070. The zero-order chi connectivity index (χ0) is 20.8. The van der Waals surface area contributed by atoms with Crippen LogP contribution in [0.15, 0.2) is 39.8 Å². The number of rotatable bonds is 8. The zero-order valence-electron chi connectivity index (χ0n) is 16.1. The predicted molar refractivity (Wildman–Crippen MR) is 113 cm³/mol. The van der Waals surface area contributed by atoms with Crippen LogP contribution in [-0.2, 0) is 33.9 Å². The third kappa shape index (κ3) is 5.85. The molecule has 0 bridgehead atoms. The van der Waals surface area contributed by atoms with Crippen molar-refractivity contribution >= 4 is 40.2 Å². The molecule has 0 fully saturated rings. The van der Waals surface area contributed by atoms with Gasteiger partial charge in [-0.25, -0.2) is 4.98 Å². The number of ether oxygens (including phenoxy) is 1. The highest BCUT2D eigenvalue weighted by molar-refractivity contribution is 7.09. The van der Waals surface area contributed by atoms with Crippen molar-refractivity contribution in [1.82, 2.24) is 9.55 Å². The molecule has 0 saturated carbocycles. The lowest BCUT2D eigenvalue weighted by atomic mass is 10.2. The number of hydrogen-bond donors (Lipinski definition) is 1. The lowest BCUT2D eigenvalue weighted by Crippen LogP contribution is -2.18. The number of carbonyl (C=O) groups excluding carboxylic acids is 2. The molecule has 0 unspecified atom stereocenters. The van der Waals surface area contributed by atoms with Gasteiger partial charge in [-0.15, -0.1) is 11.3 Å². The Morgan fingerprint density at radius 3 is 2.69 bits per heavy atom. The van der Waals surface area contributed by atoms with Gasteiger partial charge in [-0.1, -0.05) is 29.5 Å². The molecule has 3 aromatic rings.